The van der Waals surface area contributed by atoms with Gasteiger partial charge >= 0.3 is 0 Å². The number of hydrogen-bond acceptors (Lipinski definition) is 7. The van der Waals surface area contributed by atoms with Crippen LogP contribution in [-0.4, -0.2) is 85.5 Å². The Bertz CT molecular complexity index is 1100. The number of nitrogens with zero attached hydrogens (tertiary/aromatic N) is 2. The Morgan fingerprint density at radius 1 is 1.22 bits per heavy atom. The van der Waals surface area contributed by atoms with Crippen LogP contribution in [0.4, 0.5) is 10.1 Å². The van der Waals surface area contributed by atoms with Crippen molar-refractivity contribution in [3.05, 3.63) is 29.7 Å². The fourth-order valence-electron chi connectivity index (χ4n) is 4.51. The third-order valence-corrected chi connectivity index (χ3v) is 9.19. The lowest BCUT2D eigenvalue weighted by atomic mass is 10.1. The molecule has 32 heavy (non-hydrogen) atoms. The maximum atomic E-state index is 14.3. The van der Waals surface area contributed by atoms with Crippen LogP contribution in [0.1, 0.15) is 25.0 Å². The fraction of sp³-hybridized carbons (Fsp3) is 0.591. The molecule has 0 saturated carbocycles. The summed E-state index contributed by atoms with van der Waals surface area (Å²) < 4.78 is 42.9. The monoisotopic (exact) mass is 480 g/mol. The first kappa shape index (κ1) is 22.2. The van der Waals surface area contributed by atoms with Gasteiger partial charge in [-0.15, -0.1) is 11.8 Å². The molecule has 1 atom stereocenters. The number of aliphatic imine (C=N–C) groups is 1. The predicted molar refractivity (Wildman–Crippen MR) is 128 cm³/mol. The molecule has 5 rings (SSSR count). The number of aromatic nitrogens is 1. The van der Waals surface area contributed by atoms with Crippen LogP contribution >= 0.6 is 11.8 Å². The molecule has 2 saturated heterocycles. The van der Waals surface area contributed by atoms with E-state index in [9.17, 15) is 12.8 Å². The summed E-state index contributed by atoms with van der Waals surface area (Å²) in [6, 6.07) is 5.61. The Morgan fingerprint density at radius 3 is 2.78 bits per heavy atom. The van der Waals surface area contributed by atoms with Crippen molar-refractivity contribution in [1.29, 1.82) is 0 Å². The van der Waals surface area contributed by atoms with Crippen LogP contribution < -0.4 is 5.32 Å². The summed E-state index contributed by atoms with van der Waals surface area (Å²) in [5.41, 5.74) is 2.63. The Labute approximate surface area is 192 Å². The number of benzene rings is 1. The molecule has 2 N–H and O–H groups in total. The van der Waals surface area contributed by atoms with E-state index < -0.39 is 9.84 Å². The Balaban J connectivity index is 1.26. The van der Waals surface area contributed by atoms with Gasteiger partial charge in [0, 0.05) is 50.0 Å². The number of ether oxygens (including phenoxy) is 1. The van der Waals surface area contributed by atoms with Crippen LogP contribution in [0.15, 0.2) is 23.2 Å². The van der Waals surface area contributed by atoms with Crippen molar-refractivity contribution in [2.45, 2.75) is 31.3 Å². The number of thioether (sulfide) groups is 1. The molecule has 3 aliphatic heterocycles. The maximum absolute atomic E-state index is 14.3. The fourth-order valence-corrected chi connectivity index (χ4v) is 6.87. The molecule has 4 heterocycles. The topological polar surface area (TPSA) is 86.8 Å². The molecule has 10 heteroatoms. The zero-order valence-corrected chi connectivity index (χ0v) is 19.6. The molecule has 174 valence electrons. The average molecular weight is 481 g/mol. The first-order valence-electron chi connectivity index (χ1n) is 11.3. The van der Waals surface area contributed by atoms with Crippen molar-refractivity contribution in [2.24, 2.45) is 4.99 Å². The van der Waals surface area contributed by atoms with Crippen LogP contribution in [0.2, 0.25) is 0 Å². The minimum atomic E-state index is -2.84. The summed E-state index contributed by atoms with van der Waals surface area (Å²) in [4.78, 5) is 10.6. The summed E-state index contributed by atoms with van der Waals surface area (Å²) in [6.45, 7) is 3.57. The number of aromatic amines is 1. The van der Waals surface area contributed by atoms with Crippen LogP contribution in [-0.2, 0) is 14.6 Å². The van der Waals surface area contributed by atoms with Crippen molar-refractivity contribution in [3.63, 3.8) is 0 Å². The van der Waals surface area contributed by atoms with Gasteiger partial charge in [-0.05, 0) is 37.5 Å². The lowest BCUT2D eigenvalue weighted by Crippen LogP contribution is -2.41. The standard InChI is InChI=1S/C22H29FN4O3S2/c23-16-11-15-12-20(26-21(15)19(13-16)24-17-2-7-30-8-3-17)22-25-18(14-31-22)1-4-27-5-9-32(28,29)10-6-27/h11-13,17-18,24,26H,1-10,14H2. The number of nitrogens with one attached hydrogen (secondary N) is 2. The second-order valence-electron chi connectivity index (χ2n) is 8.81. The molecule has 0 bridgehead atoms. The van der Waals surface area contributed by atoms with Crippen molar-refractivity contribution in [1.82, 2.24) is 9.88 Å². The lowest BCUT2D eigenvalue weighted by molar-refractivity contribution is 0.0905. The molecule has 0 spiro atoms. The first-order chi connectivity index (χ1) is 15.4. The number of rotatable bonds is 6. The largest absolute Gasteiger partial charge is 0.381 e. The van der Waals surface area contributed by atoms with Gasteiger partial charge in [0.15, 0.2) is 9.84 Å². The summed E-state index contributed by atoms with van der Waals surface area (Å²) in [6.07, 6.45) is 2.75. The molecule has 0 amide bonds. The normalized spacial score (nSPS) is 24.7. The Hall–Kier alpha value is -1.62. The quantitative estimate of drug-likeness (QED) is 0.661. The average Bonchev–Trinajstić information content (AvgIpc) is 3.41. The van der Waals surface area contributed by atoms with E-state index >= 15 is 0 Å². The van der Waals surface area contributed by atoms with Gasteiger partial charge in [-0.1, -0.05) is 0 Å². The molecule has 0 radical (unpaired) electrons. The van der Waals surface area contributed by atoms with Crippen LogP contribution in [0.25, 0.3) is 10.9 Å². The van der Waals surface area contributed by atoms with Gasteiger partial charge in [0.25, 0.3) is 0 Å². The van der Waals surface area contributed by atoms with E-state index in [0.717, 1.165) is 72.1 Å². The van der Waals surface area contributed by atoms with E-state index in [1.807, 2.05) is 6.07 Å². The van der Waals surface area contributed by atoms with E-state index in [-0.39, 0.29) is 29.4 Å². The highest BCUT2D eigenvalue weighted by Crippen LogP contribution is 2.31. The van der Waals surface area contributed by atoms with Gasteiger partial charge in [-0.25, -0.2) is 12.8 Å². The zero-order valence-electron chi connectivity index (χ0n) is 18.0. The second kappa shape index (κ2) is 9.32. The van der Waals surface area contributed by atoms with Crippen molar-refractivity contribution in [3.8, 4) is 0 Å². The van der Waals surface area contributed by atoms with Gasteiger partial charge in [-0.3, -0.25) is 4.99 Å². The lowest BCUT2D eigenvalue weighted by Gasteiger charge is -2.26. The summed E-state index contributed by atoms with van der Waals surface area (Å²) in [7, 11) is -2.84. The maximum Gasteiger partial charge on any atom is 0.152 e. The minimum absolute atomic E-state index is 0.219. The summed E-state index contributed by atoms with van der Waals surface area (Å²) in [5, 5.41) is 5.30. The number of H-pyrrole nitrogens is 1. The molecular formula is C22H29FN4O3S2. The molecule has 7 nitrogen and oxygen atoms in total. The molecule has 3 aliphatic rings. The van der Waals surface area contributed by atoms with E-state index in [0.29, 0.717) is 13.1 Å². The molecule has 2 fully saturated rings. The Morgan fingerprint density at radius 2 is 2.00 bits per heavy atom. The van der Waals surface area contributed by atoms with Gasteiger partial charge in [-0.2, -0.15) is 0 Å². The SMILES string of the molecule is O=S1(=O)CCN(CCC2CSC(c3cc4cc(F)cc(NC5CCOCC5)c4[nH]3)=N2)CC1. The van der Waals surface area contributed by atoms with E-state index in [4.69, 9.17) is 9.73 Å². The molecule has 1 aromatic carbocycles. The highest BCUT2D eigenvalue weighted by Gasteiger charge is 2.25. The van der Waals surface area contributed by atoms with Crippen molar-refractivity contribution < 1.29 is 17.5 Å². The first-order valence-corrected chi connectivity index (χ1v) is 14.1. The molecule has 2 aromatic rings. The number of fused-ring (bicyclic) bond motifs is 1. The minimum Gasteiger partial charge on any atom is -0.381 e. The predicted octanol–water partition coefficient (Wildman–Crippen LogP) is 2.88. The zero-order chi connectivity index (χ0) is 22.1. The van der Waals surface area contributed by atoms with Crippen LogP contribution in [0, 0.1) is 5.82 Å². The number of hydrogen-bond donors (Lipinski definition) is 2. The highest BCUT2D eigenvalue weighted by atomic mass is 32.2. The third kappa shape index (κ3) is 5.13. The molecule has 1 aromatic heterocycles. The van der Waals surface area contributed by atoms with Crippen molar-refractivity contribution >= 4 is 43.2 Å². The van der Waals surface area contributed by atoms with E-state index in [2.05, 4.69) is 15.2 Å². The number of halogens is 1. The number of anilines is 1. The van der Waals surface area contributed by atoms with Crippen molar-refractivity contribution in [2.75, 3.05) is 55.4 Å². The second-order valence-corrected chi connectivity index (χ2v) is 12.1. The van der Waals surface area contributed by atoms with Gasteiger partial charge in [0.05, 0.1) is 34.4 Å². The Kier molecular flexibility index (Phi) is 6.46. The highest BCUT2D eigenvalue weighted by molar-refractivity contribution is 8.14. The molecule has 0 aliphatic carbocycles. The van der Waals surface area contributed by atoms with Gasteiger partial charge in [0.2, 0.25) is 0 Å². The van der Waals surface area contributed by atoms with Gasteiger partial charge in [0.1, 0.15) is 10.9 Å². The van der Waals surface area contributed by atoms with E-state index in [1.54, 1.807) is 23.9 Å². The van der Waals surface area contributed by atoms with Crippen LogP contribution in [0.5, 0.6) is 0 Å². The van der Waals surface area contributed by atoms with Gasteiger partial charge < -0.3 is 19.9 Å². The smallest absolute Gasteiger partial charge is 0.152 e. The molecular weight excluding hydrogens is 451 g/mol. The summed E-state index contributed by atoms with van der Waals surface area (Å²) >= 11 is 1.72. The third-order valence-electron chi connectivity index (χ3n) is 6.43. The van der Waals surface area contributed by atoms with Crippen LogP contribution in [0.3, 0.4) is 0 Å². The number of sulfone groups is 1. The molecule has 1 unspecified atom stereocenters. The summed E-state index contributed by atoms with van der Waals surface area (Å²) in [5.74, 6) is 1.19. The van der Waals surface area contributed by atoms with E-state index in [1.165, 1.54) is 0 Å².